The van der Waals surface area contributed by atoms with Gasteiger partial charge in [-0.3, -0.25) is 14.2 Å². The van der Waals surface area contributed by atoms with E-state index in [1.807, 2.05) is 35.4 Å². The molecule has 21 heteroatoms. The third kappa shape index (κ3) is 9.19. The number of halogens is 1. The quantitative estimate of drug-likeness (QED) is 0.127. The molecule has 3 heterocycles. The van der Waals surface area contributed by atoms with Gasteiger partial charge in [-0.05, 0) is 29.8 Å². The van der Waals surface area contributed by atoms with E-state index in [-0.39, 0.29) is 23.7 Å². The Morgan fingerprint density at radius 3 is 2.24 bits per heavy atom. The van der Waals surface area contributed by atoms with Crippen LogP contribution in [-0.4, -0.2) is 49.2 Å². The highest BCUT2D eigenvalue weighted by atomic mass is 31.3. The van der Waals surface area contributed by atoms with Crippen LogP contribution in [0.2, 0.25) is 0 Å². The average molecular weight is 755 g/mol. The predicted octanol–water partition coefficient (Wildman–Crippen LogP) is 4.80. The first kappa shape index (κ1) is 36.2. The molecule has 17 nitrogen and oxygen atoms in total. The van der Waals surface area contributed by atoms with Crippen LogP contribution >= 0.6 is 23.4 Å². The van der Waals surface area contributed by atoms with Gasteiger partial charge in [0.2, 0.25) is 5.88 Å². The number of aromatic nitrogens is 2. The van der Waals surface area contributed by atoms with Crippen molar-refractivity contribution in [3.8, 4) is 5.88 Å². The summed E-state index contributed by atoms with van der Waals surface area (Å²) in [6.45, 7) is -0.716. The topological polar surface area (TPSA) is 223 Å². The van der Waals surface area contributed by atoms with Gasteiger partial charge in [-0.25, -0.2) is 22.9 Å². The fourth-order valence-corrected chi connectivity index (χ4v) is 8.79. The lowest BCUT2D eigenvalue weighted by molar-refractivity contribution is -0.154. The average Bonchev–Trinajstić information content (AvgIpc) is 3.63. The number of fused-ring (bicyclic) bond motifs is 1. The number of anilines is 1. The molecule has 1 aromatic heterocycles. The van der Waals surface area contributed by atoms with Crippen molar-refractivity contribution < 1.29 is 64.9 Å². The van der Waals surface area contributed by atoms with E-state index < -0.39 is 72.3 Å². The Balaban J connectivity index is 1.15. The van der Waals surface area contributed by atoms with Gasteiger partial charge in [0, 0.05) is 23.5 Å². The summed E-state index contributed by atoms with van der Waals surface area (Å²) in [5.41, 5.74) is 0.334. The number of rotatable bonds is 14. The van der Waals surface area contributed by atoms with Gasteiger partial charge in [0.15, 0.2) is 12.5 Å². The summed E-state index contributed by atoms with van der Waals surface area (Å²) < 4.78 is 89.4. The van der Waals surface area contributed by atoms with Crippen LogP contribution in [0.25, 0.3) is 0 Å². The van der Waals surface area contributed by atoms with Gasteiger partial charge in [-0.2, -0.15) is 13.6 Å². The molecular formula is C29H29FN3O14P3. The molecule has 2 aliphatic rings. The molecule has 0 amide bonds. The molecule has 0 aliphatic carbocycles. The van der Waals surface area contributed by atoms with Crippen molar-refractivity contribution >= 4 is 29.1 Å². The summed E-state index contributed by atoms with van der Waals surface area (Å²) in [7, 11) is -16.3. The highest BCUT2D eigenvalue weighted by Crippen LogP contribution is 2.67. The van der Waals surface area contributed by atoms with Gasteiger partial charge in [0.1, 0.15) is 30.7 Å². The molecule has 0 radical (unpaired) electrons. The van der Waals surface area contributed by atoms with Crippen LogP contribution in [0.4, 0.5) is 10.1 Å². The Bertz CT molecular complexity index is 2010. The van der Waals surface area contributed by atoms with Crippen LogP contribution in [-0.2, 0) is 47.7 Å². The Labute approximate surface area is 282 Å². The Morgan fingerprint density at radius 1 is 0.840 bits per heavy atom. The van der Waals surface area contributed by atoms with E-state index in [0.717, 1.165) is 10.1 Å². The first-order valence-corrected chi connectivity index (χ1v) is 19.2. The van der Waals surface area contributed by atoms with Crippen molar-refractivity contribution in [2.45, 2.75) is 37.4 Å². The van der Waals surface area contributed by atoms with Gasteiger partial charge in [0.25, 0.3) is 0 Å². The zero-order valence-electron chi connectivity index (χ0n) is 25.5. The number of nitrogens with one attached hydrogen (secondary N) is 1. The van der Waals surface area contributed by atoms with Crippen LogP contribution in [0.3, 0.4) is 0 Å². The lowest BCUT2D eigenvalue weighted by atomic mass is 10.1. The summed E-state index contributed by atoms with van der Waals surface area (Å²) in [5.74, 6) is -0.558. The molecular weight excluding hydrogens is 726 g/mol. The normalized spacial score (nSPS) is 25.2. The van der Waals surface area contributed by atoms with Crippen LogP contribution in [0.15, 0.2) is 102 Å². The van der Waals surface area contributed by atoms with E-state index in [9.17, 15) is 37.6 Å². The molecule has 6 rings (SSSR count). The molecule has 0 saturated carbocycles. The minimum absolute atomic E-state index is 0.0196. The van der Waals surface area contributed by atoms with Gasteiger partial charge in [0.05, 0.1) is 6.61 Å². The SMILES string of the molecule is O=c1nc(OCc2ccccc2)ccn1[C@@H]1O[C@H](COP(=O)(O)OP(=O)(O)OP(=O)(O)Nc2ccccc2)[C@@H]2OC(c3cccc(F)c3)OC21. The van der Waals surface area contributed by atoms with Crippen molar-refractivity contribution in [1.82, 2.24) is 9.55 Å². The third-order valence-corrected chi connectivity index (χ3v) is 11.5. The van der Waals surface area contributed by atoms with E-state index in [2.05, 4.69) is 13.6 Å². The lowest BCUT2D eigenvalue weighted by Gasteiger charge is -2.23. The zero-order valence-corrected chi connectivity index (χ0v) is 28.2. The highest BCUT2D eigenvalue weighted by molar-refractivity contribution is 7.68. The number of benzene rings is 3. The largest absolute Gasteiger partial charge is 0.489 e. The fourth-order valence-electron chi connectivity index (χ4n) is 5.08. The van der Waals surface area contributed by atoms with E-state index in [1.165, 1.54) is 60.8 Å². The molecule has 2 fully saturated rings. The maximum Gasteiger partial charge on any atom is 0.489 e. The summed E-state index contributed by atoms with van der Waals surface area (Å²) in [6.07, 6.45) is -4.58. The number of hydrogen-bond donors (Lipinski definition) is 4. The second-order valence-electron chi connectivity index (χ2n) is 10.8. The van der Waals surface area contributed by atoms with E-state index >= 15 is 0 Å². The van der Waals surface area contributed by atoms with Crippen LogP contribution in [0.1, 0.15) is 23.6 Å². The van der Waals surface area contributed by atoms with Crippen LogP contribution < -0.4 is 15.5 Å². The molecule has 50 heavy (non-hydrogen) atoms. The number of phosphoric acid groups is 2. The third-order valence-electron chi connectivity index (χ3n) is 7.14. The summed E-state index contributed by atoms with van der Waals surface area (Å²) in [6, 6.07) is 23.2. The maximum atomic E-state index is 14.0. The van der Waals surface area contributed by atoms with Crippen molar-refractivity contribution in [3.05, 3.63) is 125 Å². The molecule has 266 valence electrons. The molecule has 5 unspecified atom stereocenters. The predicted molar refractivity (Wildman–Crippen MR) is 170 cm³/mol. The maximum absolute atomic E-state index is 14.0. The molecule has 3 aromatic carbocycles. The minimum Gasteiger partial charge on any atom is -0.473 e. The Hall–Kier alpha value is -3.60. The van der Waals surface area contributed by atoms with Crippen molar-refractivity contribution in [1.29, 1.82) is 0 Å². The molecule has 2 aliphatic heterocycles. The Morgan fingerprint density at radius 2 is 1.54 bits per heavy atom. The summed E-state index contributed by atoms with van der Waals surface area (Å²) in [5, 5.41) is 1.98. The number of ether oxygens (including phenoxy) is 4. The highest BCUT2D eigenvalue weighted by Gasteiger charge is 2.55. The van der Waals surface area contributed by atoms with Crippen molar-refractivity contribution in [2.75, 3.05) is 11.7 Å². The van der Waals surface area contributed by atoms with Gasteiger partial charge >= 0.3 is 29.1 Å². The van der Waals surface area contributed by atoms with Crippen molar-refractivity contribution in [2.24, 2.45) is 0 Å². The second kappa shape index (κ2) is 14.9. The first-order chi connectivity index (χ1) is 23.8. The molecule has 0 spiro atoms. The summed E-state index contributed by atoms with van der Waals surface area (Å²) in [4.78, 5) is 47.3. The van der Waals surface area contributed by atoms with Gasteiger partial charge in [-0.1, -0.05) is 60.7 Å². The Kier molecular flexibility index (Phi) is 10.8. The second-order valence-corrected chi connectivity index (χ2v) is 15.5. The minimum atomic E-state index is -5.72. The monoisotopic (exact) mass is 755 g/mol. The molecule has 0 bridgehead atoms. The fraction of sp³-hybridized carbons (Fsp3) is 0.241. The van der Waals surface area contributed by atoms with Gasteiger partial charge < -0.3 is 33.6 Å². The van der Waals surface area contributed by atoms with Gasteiger partial charge in [-0.15, -0.1) is 0 Å². The number of para-hydroxylation sites is 1. The van der Waals surface area contributed by atoms with E-state index in [0.29, 0.717) is 0 Å². The smallest absolute Gasteiger partial charge is 0.473 e. The molecule has 4 N–H and O–H groups in total. The van der Waals surface area contributed by atoms with E-state index in [1.54, 1.807) is 6.07 Å². The standard InChI is InChI=1S/C29H29FN3O14P3/c30-21-11-7-10-20(16-21)28-44-25-23(18-42-49(37,38)47-50(39,40)46-48(35,36)32-22-12-5-2-6-13-22)43-27(26(25)45-28)33-15-14-24(31-29(33)34)41-17-19-8-3-1-4-9-19/h1-16,23,25-28H,17-18H2,(H,37,38)(H,39,40)(H2,32,35,36)/t23-,25+,26?,27-,28?/m1/s1. The van der Waals surface area contributed by atoms with E-state index in [4.69, 9.17) is 23.5 Å². The molecule has 8 atom stereocenters. The van der Waals surface area contributed by atoms with Crippen molar-refractivity contribution in [3.63, 3.8) is 0 Å². The van der Waals surface area contributed by atoms with Crippen LogP contribution in [0.5, 0.6) is 5.88 Å². The number of nitrogens with zero attached hydrogens (tertiary/aromatic N) is 2. The number of phosphoric ester groups is 1. The first-order valence-electron chi connectivity index (χ1n) is 14.6. The lowest BCUT2D eigenvalue weighted by Crippen LogP contribution is -2.34. The summed E-state index contributed by atoms with van der Waals surface area (Å²) >= 11 is 0. The zero-order chi connectivity index (χ0) is 35.5. The number of hydrogen-bond acceptors (Lipinski definition) is 12. The van der Waals surface area contributed by atoms with Crippen LogP contribution in [0, 0.1) is 5.82 Å². The molecule has 2 saturated heterocycles. The molecule has 4 aromatic rings.